The van der Waals surface area contributed by atoms with Crippen LogP contribution in [-0.4, -0.2) is 35.2 Å². The molecule has 2 aromatic carbocycles. The molecular formula is C24H29ClN2O2S. The molecule has 1 N–H and O–H groups in total. The number of thioether (sulfide) groups is 1. The van der Waals surface area contributed by atoms with Gasteiger partial charge in [0, 0.05) is 16.5 Å². The number of hydrogen-bond donors (Lipinski definition) is 1. The highest BCUT2D eigenvalue weighted by Gasteiger charge is 2.37. The van der Waals surface area contributed by atoms with E-state index in [-0.39, 0.29) is 23.7 Å². The number of amides is 2. The molecule has 0 bridgehead atoms. The molecule has 160 valence electrons. The number of halogens is 1. The van der Waals surface area contributed by atoms with Crippen molar-refractivity contribution in [2.75, 3.05) is 13.1 Å². The van der Waals surface area contributed by atoms with Gasteiger partial charge in [0.2, 0.25) is 11.8 Å². The first-order valence-corrected chi connectivity index (χ1v) is 11.8. The lowest BCUT2D eigenvalue weighted by molar-refractivity contribution is -0.145. The molecule has 30 heavy (non-hydrogen) atoms. The van der Waals surface area contributed by atoms with E-state index in [0.717, 1.165) is 42.0 Å². The first-order valence-electron chi connectivity index (χ1n) is 10.6. The van der Waals surface area contributed by atoms with Crippen molar-refractivity contribution in [3.63, 3.8) is 0 Å². The van der Waals surface area contributed by atoms with E-state index < -0.39 is 0 Å². The minimum Gasteiger partial charge on any atom is -0.355 e. The Morgan fingerprint density at radius 3 is 2.47 bits per heavy atom. The molecule has 1 heterocycles. The van der Waals surface area contributed by atoms with Crippen molar-refractivity contribution in [3.8, 4) is 0 Å². The maximum Gasteiger partial charge on any atom is 0.239 e. The summed E-state index contributed by atoms with van der Waals surface area (Å²) >= 11 is 7.55. The van der Waals surface area contributed by atoms with Crippen LogP contribution in [0.1, 0.15) is 43.2 Å². The van der Waals surface area contributed by atoms with E-state index >= 15 is 0 Å². The van der Waals surface area contributed by atoms with Gasteiger partial charge in [0.15, 0.2) is 0 Å². The number of aryl methyl sites for hydroxylation is 2. The number of carbonyl (C=O) groups excluding carboxylic acids is 2. The summed E-state index contributed by atoms with van der Waals surface area (Å²) in [5.74, 6) is -0.0179. The summed E-state index contributed by atoms with van der Waals surface area (Å²) in [6.07, 6.45) is 5.87. The summed E-state index contributed by atoms with van der Waals surface area (Å²) in [6.45, 7) is 2.87. The number of nitrogens with one attached hydrogen (secondary N) is 1. The van der Waals surface area contributed by atoms with Crippen LogP contribution in [0.25, 0.3) is 0 Å². The van der Waals surface area contributed by atoms with Gasteiger partial charge in [-0.15, -0.1) is 11.8 Å². The molecule has 3 rings (SSSR count). The van der Waals surface area contributed by atoms with E-state index in [9.17, 15) is 9.59 Å². The minimum absolute atomic E-state index is 0.0527. The maximum atomic E-state index is 12.2. The average molecular weight is 445 g/mol. The average Bonchev–Trinajstić information content (AvgIpc) is 2.74. The molecule has 1 aliphatic heterocycles. The molecule has 1 saturated heterocycles. The van der Waals surface area contributed by atoms with Crippen LogP contribution < -0.4 is 5.32 Å². The van der Waals surface area contributed by atoms with Crippen LogP contribution in [0.15, 0.2) is 53.4 Å². The number of carbonyl (C=O) groups is 2. The first kappa shape index (κ1) is 22.7. The van der Waals surface area contributed by atoms with Crippen LogP contribution in [0.3, 0.4) is 0 Å². The van der Waals surface area contributed by atoms with Crippen molar-refractivity contribution < 1.29 is 9.59 Å². The summed E-state index contributed by atoms with van der Waals surface area (Å²) in [6, 6.07) is 16.3. The highest BCUT2D eigenvalue weighted by molar-refractivity contribution is 8.00. The highest BCUT2D eigenvalue weighted by atomic mass is 35.5. The molecule has 0 aliphatic carbocycles. The second-order valence-corrected chi connectivity index (χ2v) is 9.44. The number of β-lactam (4-membered cyclic amide) rings is 1. The standard InChI is InChI=1S/C24H29ClN2O2S/c1-18-7-13-21(14-8-18)30-24-16-23(29)27(24)17-22(28)26-15-5-3-2-4-6-19-9-11-20(25)12-10-19/h7-14,24H,2-6,15-17H2,1H3,(H,26,28). The molecule has 0 saturated carbocycles. The van der Waals surface area contributed by atoms with Crippen molar-refractivity contribution in [2.45, 2.75) is 55.7 Å². The van der Waals surface area contributed by atoms with Crippen molar-refractivity contribution in [3.05, 3.63) is 64.7 Å². The SMILES string of the molecule is Cc1ccc(SC2CC(=O)N2CC(=O)NCCCCCCc2ccc(Cl)cc2)cc1. The third-order valence-corrected chi connectivity index (χ3v) is 6.74. The number of likely N-dealkylation sites (tertiary alicyclic amines) is 1. The summed E-state index contributed by atoms with van der Waals surface area (Å²) in [5, 5.41) is 3.78. The largest absolute Gasteiger partial charge is 0.355 e. The molecule has 0 radical (unpaired) electrons. The predicted molar refractivity (Wildman–Crippen MR) is 124 cm³/mol. The topological polar surface area (TPSA) is 49.4 Å². The molecule has 4 nitrogen and oxygen atoms in total. The van der Waals surface area contributed by atoms with Crippen molar-refractivity contribution in [1.29, 1.82) is 0 Å². The molecule has 0 spiro atoms. The van der Waals surface area contributed by atoms with Crippen molar-refractivity contribution in [1.82, 2.24) is 10.2 Å². The third kappa shape index (κ3) is 7.06. The Hall–Kier alpha value is -1.98. The van der Waals surface area contributed by atoms with Gasteiger partial charge in [0.1, 0.15) is 6.54 Å². The minimum atomic E-state index is -0.0706. The van der Waals surface area contributed by atoms with Gasteiger partial charge in [-0.2, -0.15) is 0 Å². The molecule has 2 amide bonds. The molecule has 6 heteroatoms. The van der Waals surface area contributed by atoms with Crippen LogP contribution in [0.2, 0.25) is 5.02 Å². The van der Waals surface area contributed by atoms with E-state index in [0.29, 0.717) is 13.0 Å². The van der Waals surface area contributed by atoms with E-state index in [1.807, 2.05) is 12.1 Å². The van der Waals surface area contributed by atoms with Crippen LogP contribution >= 0.6 is 23.4 Å². The Balaban J connectivity index is 1.27. The monoisotopic (exact) mass is 444 g/mol. The lowest BCUT2D eigenvalue weighted by atomic mass is 10.1. The fourth-order valence-electron chi connectivity index (χ4n) is 3.39. The number of nitrogens with zero attached hydrogens (tertiary/aromatic N) is 1. The smallest absolute Gasteiger partial charge is 0.239 e. The van der Waals surface area contributed by atoms with Gasteiger partial charge < -0.3 is 10.2 Å². The Bertz CT molecular complexity index is 839. The van der Waals surface area contributed by atoms with E-state index in [4.69, 9.17) is 11.6 Å². The Kier molecular flexibility index (Phi) is 8.64. The summed E-state index contributed by atoms with van der Waals surface area (Å²) in [7, 11) is 0. The molecule has 1 atom stereocenters. The van der Waals surface area contributed by atoms with Gasteiger partial charge in [0.25, 0.3) is 0 Å². The molecule has 1 unspecified atom stereocenters. The number of hydrogen-bond acceptors (Lipinski definition) is 3. The lowest BCUT2D eigenvalue weighted by Crippen LogP contribution is -2.54. The summed E-state index contributed by atoms with van der Waals surface area (Å²) in [5.41, 5.74) is 2.52. The third-order valence-electron chi connectivity index (χ3n) is 5.25. The first-order chi connectivity index (χ1) is 14.5. The van der Waals surface area contributed by atoms with Crippen molar-refractivity contribution in [2.24, 2.45) is 0 Å². The van der Waals surface area contributed by atoms with Gasteiger partial charge >= 0.3 is 0 Å². The summed E-state index contributed by atoms with van der Waals surface area (Å²) < 4.78 is 0. The second kappa shape index (κ2) is 11.4. The van der Waals surface area contributed by atoms with Crippen LogP contribution in [0.4, 0.5) is 0 Å². The summed E-state index contributed by atoms with van der Waals surface area (Å²) in [4.78, 5) is 26.9. The Morgan fingerprint density at radius 2 is 1.77 bits per heavy atom. The number of rotatable bonds is 11. The predicted octanol–water partition coefficient (Wildman–Crippen LogP) is 5.22. The number of benzene rings is 2. The fraction of sp³-hybridized carbons (Fsp3) is 0.417. The van der Waals surface area contributed by atoms with E-state index in [1.54, 1.807) is 16.7 Å². The van der Waals surface area contributed by atoms with Gasteiger partial charge in [-0.1, -0.05) is 54.3 Å². The number of unbranched alkanes of at least 4 members (excludes halogenated alkanes) is 3. The highest BCUT2D eigenvalue weighted by Crippen LogP contribution is 2.34. The van der Waals surface area contributed by atoms with Crippen LogP contribution in [0, 0.1) is 6.92 Å². The molecule has 0 aromatic heterocycles. The zero-order valence-electron chi connectivity index (χ0n) is 17.4. The van der Waals surface area contributed by atoms with Gasteiger partial charge in [0.05, 0.1) is 11.8 Å². The fourth-order valence-corrected chi connectivity index (χ4v) is 4.67. The van der Waals surface area contributed by atoms with Crippen LogP contribution in [-0.2, 0) is 16.0 Å². The molecular weight excluding hydrogens is 416 g/mol. The zero-order chi connectivity index (χ0) is 21.3. The van der Waals surface area contributed by atoms with Gasteiger partial charge in [-0.25, -0.2) is 0 Å². The Labute approximate surface area is 188 Å². The normalized spacial score (nSPS) is 15.7. The molecule has 2 aromatic rings. The van der Waals surface area contributed by atoms with E-state index in [2.05, 4.69) is 48.6 Å². The molecule has 1 fully saturated rings. The lowest BCUT2D eigenvalue weighted by Gasteiger charge is -2.39. The maximum absolute atomic E-state index is 12.2. The second-order valence-electron chi connectivity index (χ2n) is 7.75. The Morgan fingerprint density at radius 1 is 1.07 bits per heavy atom. The zero-order valence-corrected chi connectivity index (χ0v) is 19.0. The van der Waals surface area contributed by atoms with Gasteiger partial charge in [-0.3, -0.25) is 9.59 Å². The quantitative estimate of drug-likeness (QED) is 0.382. The van der Waals surface area contributed by atoms with Crippen molar-refractivity contribution >= 4 is 35.2 Å². The molecule has 1 aliphatic rings. The van der Waals surface area contributed by atoms with Gasteiger partial charge in [-0.05, 0) is 56.0 Å². The van der Waals surface area contributed by atoms with Crippen LogP contribution in [0.5, 0.6) is 0 Å². The van der Waals surface area contributed by atoms with E-state index in [1.165, 1.54) is 11.1 Å².